The van der Waals surface area contributed by atoms with Crippen LogP contribution >= 0.6 is 0 Å². The van der Waals surface area contributed by atoms with Gasteiger partial charge in [0.25, 0.3) is 0 Å². The Bertz CT molecular complexity index is 364. The zero-order chi connectivity index (χ0) is 15.0. The van der Waals surface area contributed by atoms with Crippen molar-refractivity contribution in [1.29, 1.82) is 0 Å². The van der Waals surface area contributed by atoms with E-state index in [4.69, 9.17) is 10.5 Å². The van der Waals surface area contributed by atoms with Gasteiger partial charge in [0.05, 0.1) is 12.7 Å². The molecule has 3 unspecified atom stereocenters. The first-order valence-electron chi connectivity index (χ1n) is 7.74. The van der Waals surface area contributed by atoms with Crippen LogP contribution in [0.2, 0.25) is 0 Å². The molecule has 0 bridgehead atoms. The van der Waals surface area contributed by atoms with Crippen LogP contribution in [0.15, 0.2) is 24.3 Å². The highest BCUT2D eigenvalue weighted by molar-refractivity contribution is 5.29. The molecule has 20 heavy (non-hydrogen) atoms. The third kappa shape index (κ3) is 5.51. The van der Waals surface area contributed by atoms with Gasteiger partial charge in [-0.1, -0.05) is 39.3 Å². The Morgan fingerprint density at radius 2 is 1.80 bits per heavy atom. The van der Waals surface area contributed by atoms with E-state index in [1.165, 1.54) is 5.56 Å². The largest absolute Gasteiger partial charge is 0.494 e. The van der Waals surface area contributed by atoms with Crippen molar-refractivity contribution in [3.8, 4) is 5.75 Å². The second-order valence-electron chi connectivity index (χ2n) is 5.57. The summed E-state index contributed by atoms with van der Waals surface area (Å²) >= 11 is 0. The van der Waals surface area contributed by atoms with Gasteiger partial charge < -0.3 is 15.6 Å². The average Bonchev–Trinajstić information content (AvgIpc) is 2.45. The van der Waals surface area contributed by atoms with Crippen molar-refractivity contribution in [3.63, 3.8) is 0 Å². The first-order valence-corrected chi connectivity index (χ1v) is 7.74. The summed E-state index contributed by atoms with van der Waals surface area (Å²) in [4.78, 5) is 0. The van der Waals surface area contributed by atoms with Gasteiger partial charge in [-0.3, -0.25) is 0 Å². The molecule has 0 spiro atoms. The zero-order valence-corrected chi connectivity index (χ0v) is 13.0. The van der Waals surface area contributed by atoms with Crippen molar-refractivity contribution in [2.75, 3.05) is 6.61 Å². The van der Waals surface area contributed by atoms with Crippen LogP contribution in [0.1, 0.15) is 57.9 Å². The molecule has 3 atom stereocenters. The molecule has 0 saturated heterocycles. The molecular weight excluding hydrogens is 250 g/mol. The van der Waals surface area contributed by atoms with E-state index in [9.17, 15) is 5.11 Å². The third-order valence-electron chi connectivity index (χ3n) is 3.63. The second-order valence-corrected chi connectivity index (χ2v) is 5.57. The highest BCUT2D eigenvalue weighted by Gasteiger charge is 2.18. The van der Waals surface area contributed by atoms with E-state index in [2.05, 4.69) is 32.9 Å². The van der Waals surface area contributed by atoms with Gasteiger partial charge in [0, 0.05) is 6.04 Å². The predicted octanol–water partition coefficient (Wildman–Crippen LogP) is 3.46. The fourth-order valence-electron chi connectivity index (χ4n) is 2.31. The number of aliphatic hydroxyl groups excluding tert-OH is 1. The maximum atomic E-state index is 10.1. The minimum absolute atomic E-state index is 0.116. The summed E-state index contributed by atoms with van der Waals surface area (Å²) in [6.07, 6.45) is 3.17. The molecule has 0 aliphatic rings. The van der Waals surface area contributed by atoms with Gasteiger partial charge in [0.1, 0.15) is 5.75 Å². The fourth-order valence-corrected chi connectivity index (χ4v) is 2.31. The van der Waals surface area contributed by atoms with Crippen LogP contribution in [0.4, 0.5) is 0 Å². The molecule has 1 aromatic carbocycles. The van der Waals surface area contributed by atoms with Gasteiger partial charge in [-0.25, -0.2) is 0 Å². The maximum Gasteiger partial charge on any atom is 0.119 e. The first-order chi connectivity index (χ1) is 9.58. The van der Waals surface area contributed by atoms with Crippen molar-refractivity contribution in [1.82, 2.24) is 0 Å². The lowest BCUT2D eigenvalue weighted by Gasteiger charge is -2.22. The highest BCUT2D eigenvalue weighted by Crippen LogP contribution is 2.24. The molecule has 0 fully saturated rings. The lowest BCUT2D eigenvalue weighted by molar-refractivity contribution is 0.124. The zero-order valence-electron chi connectivity index (χ0n) is 13.0. The number of hydrogen-bond acceptors (Lipinski definition) is 3. The summed E-state index contributed by atoms with van der Waals surface area (Å²) in [5.41, 5.74) is 7.18. The van der Waals surface area contributed by atoms with Crippen LogP contribution < -0.4 is 10.5 Å². The molecule has 114 valence electrons. The number of benzene rings is 1. The van der Waals surface area contributed by atoms with E-state index >= 15 is 0 Å². The summed E-state index contributed by atoms with van der Waals surface area (Å²) in [6, 6.07) is 8.04. The molecule has 0 aliphatic carbocycles. The molecule has 0 saturated carbocycles. The van der Waals surface area contributed by atoms with Gasteiger partial charge >= 0.3 is 0 Å². The standard InChI is InChI=1S/C17H29NO2/c1-4-6-16(18)17(19)12-13(3)14-7-9-15(10-8-14)20-11-5-2/h7-10,13,16-17,19H,4-6,11-12,18H2,1-3H3. The average molecular weight is 279 g/mol. The van der Waals surface area contributed by atoms with E-state index in [1.54, 1.807) is 0 Å². The van der Waals surface area contributed by atoms with E-state index in [0.29, 0.717) is 12.3 Å². The van der Waals surface area contributed by atoms with E-state index in [1.807, 2.05) is 12.1 Å². The Balaban J connectivity index is 2.52. The predicted molar refractivity (Wildman–Crippen MR) is 84.2 cm³/mol. The Morgan fingerprint density at radius 3 is 2.35 bits per heavy atom. The monoisotopic (exact) mass is 279 g/mol. The van der Waals surface area contributed by atoms with Crippen LogP contribution in [-0.4, -0.2) is 23.9 Å². The number of nitrogens with two attached hydrogens (primary N) is 1. The quantitative estimate of drug-likeness (QED) is 0.728. The molecule has 1 rings (SSSR count). The molecule has 1 aromatic rings. The van der Waals surface area contributed by atoms with Gasteiger partial charge in [-0.15, -0.1) is 0 Å². The minimum Gasteiger partial charge on any atom is -0.494 e. The molecule has 3 heteroatoms. The molecular formula is C17H29NO2. The summed E-state index contributed by atoms with van der Waals surface area (Å²) in [6.45, 7) is 7.06. The molecule has 0 heterocycles. The van der Waals surface area contributed by atoms with Crippen molar-refractivity contribution in [3.05, 3.63) is 29.8 Å². The van der Waals surface area contributed by atoms with Gasteiger partial charge in [-0.2, -0.15) is 0 Å². The Kier molecular flexibility index (Phi) is 7.63. The van der Waals surface area contributed by atoms with Gasteiger partial charge in [0.2, 0.25) is 0 Å². The molecule has 0 radical (unpaired) electrons. The smallest absolute Gasteiger partial charge is 0.119 e. The van der Waals surface area contributed by atoms with E-state index in [0.717, 1.165) is 31.6 Å². The SMILES string of the molecule is CCCOc1ccc(C(C)CC(O)C(N)CCC)cc1. The summed E-state index contributed by atoms with van der Waals surface area (Å²) in [5.74, 6) is 1.21. The molecule has 0 aromatic heterocycles. The van der Waals surface area contributed by atoms with Crippen LogP contribution in [0.5, 0.6) is 5.75 Å². The topological polar surface area (TPSA) is 55.5 Å². The van der Waals surface area contributed by atoms with Crippen molar-refractivity contribution < 1.29 is 9.84 Å². The third-order valence-corrected chi connectivity index (χ3v) is 3.63. The number of hydrogen-bond donors (Lipinski definition) is 2. The molecule has 0 aliphatic heterocycles. The van der Waals surface area contributed by atoms with Crippen molar-refractivity contribution in [2.45, 2.75) is 64.5 Å². The lowest BCUT2D eigenvalue weighted by atomic mass is 9.91. The maximum absolute atomic E-state index is 10.1. The van der Waals surface area contributed by atoms with Gasteiger partial charge in [0.15, 0.2) is 0 Å². The Hall–Kier alpha value is -1.06. The van der Waals surface area contributed by atoms with Crippen LogP contribution in [0, 0.1) is 0 Å². The normalized spacial score (nSPS) is 15.7. The first kappa shape index (κ1) is 17.0. The Morgan fingerprint density at radius 1 is 1.15 bits per heavy atom. The van der Waals surface area contributed by atoms with E-state index in [-0.39, 0.29) is 6.04 Å². The summed E-state index contributed by atoms with van der Waals surface area (Å²) in [7, 11) is 0. The summed E-state index contributed by atoms with van der Waals surface area (Å²) < 4.78 is 5.57. The number of ether oxygens (including phenoxy) is 1. The minimum atomic E-state index is -0.430. The van der Waals surface area contributed by atoms with Crippen LogP contribution in [0.25, 0.3) is 0 Å². The number of aliphatic hydroxyl groups is 1. The number of rotatable bonds is 9. The lowest BCUT2D eigenvalue weighted by Crippen LogP contribution is -2.35. The molecule has 3 N–H and O–H groups in total. The second kappa shape index (κ2) is 8.98. The fraction of sp³-hybridized carbons (Fsp3) is 0.647. The van der Waals surface area contributed by atoms with Crippen LogP contribution in [-0.2, 0) is 0 Å². The van der Waals surface area contributed by atoms with Crippen LogP contribution in [0.3, 0.4) is 0 Å². The van der Waals surface area contributed by atoms with Crippen molar-refractivity contribution >= 4 is 0 Å². The van der Waals surface area contributed by atoms with E-state index < -0.39 is 6.10 Å². The Labute approximate surface area is 123 Å². The van der Waals surface area contributed by atoms with Crippen molar-refractivity contribution in [2.24, 2.45) is 5.73 Å². The van der Waals surface area contributed by atoms with Gasteiger partial charge in [-0.05, 0) is 42.9 Å². The summed E-state index contributed by atoms with van der Waals surface area (Å²) in [5, 5.41) is 10.1. The highest BCUT2D eigenvalue weighted by atomic mass is 16.5. The molecule has 0 amide bonds. The molecule has 3 nitrogen and oxygen atoms in total.